The average Bonchev–Trinajstić information content (AvgIpc) is 2.27. The minimum atomic E-state index is -1.86. The monoisotopic (exact) mass is 238 g/mol. The van der Waals surface area contributed by atoms with Crippen LogP contribution < -0.4 is 4.74 Å². The minimum absolute atomic E-state index is 0.821. The van der Waals surface area contributed by atoms with Crippen molar-refractivity contribution in [1.29, 1.82) is 0 Å². The van der Waals surface area contributed by atoms with Crippen LogP contribution in [0.3, 0.4) is 0 Å². The first-order chi connectivity index (χ1) is 7.45. The molecule has 0 aliphatic rings. The van der Waals surface area contributed by atoms with Gasteiger partial charge in [0.1, 0.15) is 5.56 Å². The molecule has 0 atom stereocenters. The largest absolute Gasteiger partial charge is 0.491 e. The Morgan fingerprint density at radius 2 is 1.38 bits per heavy atom. The van der Waals surface area contributed by atoms with Gasteiger partial charge in [-0.05, 0) is 0 Å². The van der Waals surface area contributed by atoms with E-state index in [2.05, 4.69) is 9.47 Å². The van der Waals surface area contributed by atoms with Crippen LogP contribution in [0.5, 0.6) is 5.75 Å². The number of hydrogen-bond donors (Lipinski definition) is 0. The van der Waals surface area contributed by atoms with Crippen LogP contribution in [0.1, 0.15) is 10.4 Å². The van der Waals surface area contributed by atoms with Crippen molar-refractivity contribution in [3.8, 4) is 5.75 Å². The molecule has 0 fully saturated rings. The van der Waals surface area contributed by atoms with E-state index < -0.39 is 40.6 Å². The highest BCUT2D eigenvalue weighted by Gasteiger charge is 2.30. The van der Waals surface area contributed by atoms with Gasteiger partial charge in [-0.2, -0.15) is 8.78 Å². The number of carbonyl (C=O) groups is 1. The minimum Gasteiger partial charge on any atom is -0.491 e. The molecule has 0 amide bonds. The molecule has 0 spiro atoms. The van der Waals surface area contributed by atoms with Gasteiger partial charge in [0.2, 0.25) is 11.6 Å². The third kappa shape index (κ3) is 1.68. The van der Waals surface area contributed by atoms with Gasteiger partial charge in [0.15, 0.2) is 17.4 Å². The summed E-state index contributed by atoms with van der Waals surface area (Å²) in [7, 11) is 1.65. The standard InChI is InChI=1S/C9H6F4O3/c1-15-8-6(12)4(10)3(9(14)16-2)5(11)7(8)13/h1-2H3. The van der Waals surface area contributed by atoms with Crippen LogP contribution in [0.2, 0.25) is 0 Å². The molecule has 0 heterocycles. The van der Waals surface area contributed by atoms with Gasteiger partial charge in [-0.15, -0.1) is 0 Å². The Bertz CT molecular complexity index is 416. The zero-order valence-corrected chi connectivity index (χ0v) is 8.24. The fourth-order valence-corrected chi connectivity index (χ4v) is 1.07. The highest BCUT2D eigenvalue weighted by Crippen LogP contribution is 2.29. The van der Waals surface area contributed by atoms with Crippen molar-refractivity contribution in [1.82, 2.24) is 0 Å². The number of hydrogen-bond acceptors (Lipinski definition) is 3. The van der Waals surface area contributed by atoms with Gasteiger partial charge in [-0.1, -0.05) is 0 Å². The fourth-order valence-electron chi connectivity index (χ4n) is 1.07. The number of ether oxygens (including phenoxy) is 2. The second-order valence-electron chi connectivity index (χ2n) is 2.66. The average molecular weight is 238 g/mol. The van der Waals surface area contributed by atoms with Crippen molar-refractivity contribution in [2.24, 2.45) is 0 Å². The van der Waals surface area contributed by atoms with E-state index in [0.717, 1.165) is 14.2 Å². The zero-order valence-electron chi connectivity index (χ0n) is 8.24. The predicted molar refractivity (Wildman–Crippen MR) is 44.2 cm³/mol. The molecule has 0 saturated carbocycles. The maximum Gasteiger partial charge on any atom is 0.344 e. The Balaban J connectivity index is 3.60. The summed E-state index contributed by atoms with van der Waals surface area (Å²) in [5.41, 5.74) is -1.43. The van der Waals surface area contributed by atoms with Gasteiger partial charge < -0.3 is 9.47 Å². The molecule has 0 aliphatic heterocycles. The first-order valence-electron chi connectivity index (χ1n) is 3.93. The lowest BCUT2D eigenvalue weighted by Gasteiger charge is -2.09. The molecule has 88 valence electrons. The second-order valence-corrected chi connectivity index (χ2v) is 2.66. The first kappa shape index (κ1) is 12.3. The van der Waals surface area contributed by atoms with Crippen LogP contribution >= 0.6 is 0 Å². The molecule has 0 saturated heterocycles. The number of halogens is 4. The molecule has 0 N–H and O–H groups in total. The molecule has 0 aliphatic carbocycles. The number of esters is 1. The fraction of sp³-hybridized carbons (Fsp3) is 0.222. The summed E-state index contributed by atoms with van der Waals surface area (Å²) < 4.78 is 60.6. The number of rotatable bonds is 2. The topological polar surface area (TPSA) is 35.5 Å². The van der Waals surface area contributed by atoms with Gasteiger partial charge >= 0.3 is 5.97 Å². The van der Waals surface area contributed by atoms with Gasteiger partial charge in [0.25, 0.3) is 0 Å². The summed E-state index contributed by atoms with van der Waals surface area (Å²) in [5.74, 6) is -10.0. The Labute approximate surface area is 87.6 Å². The summed E-state index contributed by atoms with van der Waals surface area (Å²) in [4.78, 5) is 10.9. The maximum absolute atomic E-state index is 13.2. The quantitative estimate of drug-likeness (QED) is 0.449. The Morgan fingerprint density at radius 1 is 0.938 bits per heavy atom. The van der Waals surface area contributed by atoms with Crippen LogP contribution in [-0.2, 0) is 4.74 Å². The van der Waals surface area contributed by atoms with Crippen LogP contribution in [0.15, 0.2) is 0 Å². The lowest BCUT2D eigenvalue weighted by molar-refractivity contribution is 0.0586. The Morgan fingerprint density at radius 3 is 1.69 bits per heavy atom. The van der Waals surface area contributed by atoms with E-state index in [9.17, 15) is 22.4 Å². The number of carbonyl (C=O) groups excluding carboxylic acids is 1. The van der Waals surface area contributed by atoms with Crippen molar-refractivity contribution < 1.29 is 31.8 Å². The number of methoxy groups -OCH3 is 2. The highest BCUT2D eigenvalue weighted by atomic mass is 19.2. The van der Waals surface area contributed by atoms with Crippen LogP contribution in [0, 0.1) is 23.3 Å². The molecular formula is C9H6F4O3. The molecular weight excluding hydrogens is 232 g/mol. The molecule has 16 heavy (non-hydrogen) atoms. The molecule has 7 heteroatoms. The highest BCUT2D eigenvalue weighted by molar-refractivity contribution is 5.90. The summed E-state index contributed by atoms with van der Waals surface area (Å²) >= 11 is 0. The second kappa shape index (κ2) is 4.38. The van der Waals surface area contributed by atoms with E-state index in [1.54, 1.807) is 0 Å². The lowest BCUT2D eigenvalue weighted by Crippen LogP contribution is -2.13. The van der Waals surface area contributed by atoms with Crippen LogP contribution in [0.25, 0.3) is 0 Å². The summed E-state index contributed by atoms with van der Waals surface area (Å²) in [5, 5.41) is 0. The molecule has 0 bridgehead atoms. The van der Waals surface area contributed by atoms with Crippen molar-refractivity contribution in [2.45, 2.75) is 0 Å². The molecule has 0 aromatic heterocycles. The molecule has 0 unspecified atom stereocenters. The van der Waals surface area contributed by atoms with Gasteiger partial charge in [0.05, 0.1) is 14.2 Å². The maximum atomic E-state index is 13.2. The smallest absolute Gasteiger partial charge is 0.344 e. The van der Waals surface area contributed by atoms with Gasteiger partial charge in [0, 0.05) is 0 Å². The van der Waals surface area contributed by atoms with E-state index in [1.807, 2.05) is 0 Å². The van der Waals surface area contributed by atoms with Crippen LogP contribution in [0.4, 0.5) is 17.6 Å². The van der Waals surface area contributed by atoms with E-state index in [1.165, 1.54) is 0 Å². The lowest BCUT2D eigenvalue weighted by atomic mass is 10.1. The Hall–Kier alpha value is -1.79. The Kier molecular flexibility index (Phi) is 3.36. The van der Waals surface area contributed by atoms with Gasteiger partial charge in [-0.3, -0.25) is 0 Å². The molecule has 3 nitrogen and oxygen atoms in total. The van der Waals surface area contributed by atoms with Crippen LogP contribution in [-0.4, -0.2) is 20.2 Å². The zero-order chi connectivity index (χ0) is 12.5. The van der Waals surface area contributed by atoms with Crippen molar-refractivity contribution >= 4 is 5.97 Å². The van der Waals surface area contributed by atoms with E-state index in [4.69, 9.17) is 0 Å². The van der Waals surface area contributed by atoms with Gasteiger partial charge in [-0.25, -0.2) is 13.6 Å². The van der Waals surface area contributed by atoms with E-state index in [0.29, 0.717) is 0 Å². The molecule has 1 aromatic rings. The van der Waals surface area contributed by atoms with Crippen molar-refractivity contribution in [3.63, 3.8) is 0 Å². The summed E-state index contributed by atoms with van der Waals surface area (Å²) in [6.45, 7) is 0. The predicted octanol–water partition coefficient (Wildman–Crippen LogP) is 2.04. The molecule has 1 aromatic carbocycles. The van der Waals surface area contributed by atoms with Crippen molar-refractivity contribution in [3.05, 3.63) is 28.8 Å². The van der Waals surface area contributed by atoms with E-state index in [-0.39, 0.29) is 0 Å². The molecule has 0 radical (unpaired) electrons. The summed E-state index contributed by atoms with van der Waals surface area (Å²) in [6, 6.07) is 0. The third-order valence-corrected chi connectivity index (χ3v) is 1.82. The SMILES string of the molecule is COC(=O)c1c(F)c(F)c(OC)c(F)c1F. The van der Waals surface area contributed by atoms with E-state index >= 15 is 0 Å². The first-order valence-corrected chi connectivity index (χ1v) is 3.93. The van der Waals surface area contributed by atoms with Crippen molar-refractivity contribution in [2.75, 3.05) is 14.2 Å². The normalized spacial score (nSPS) is 10.1. The summed E-state index contributed by atoms with van der Waals surface area (Å²) in [6.07, 6.45) is 0. The molecule has 1 rings (SSSR count). The third-order valence-electron chi connectivity index (χ3n) is 1.82. The number of benzene rings is 1.